The second kappa shape index (κ2) is 10.1. The summed E-state index contributed by atoms with van der Waals surface area (Å²) >= 11 is 7.99. The van der Waals surface area contributed by atoms with E-state index >= 15 is 0 Å². The van der Waals surface area contributed by atoms with E-state index in [-0.39, 0.29) is 25.0 Å². The molecule has 4 rings (SSSR count). The van der Waals surface area contributed by atoms with Crippen LogP contribution in [0.2, 0.25) is 5.02 Å². The fourth-order valence-electron chi connectivity index (χ4n) is 4.09. The number of nitrogens with zero attached hydrogens (tertiary/aromatic N) is 2. The van der Waals surface area contributed by atoms with Gasteiger partial charge in [-0.25, -0.2) is 9.79 Å². The lowest BCUT2D eigenvalue weighted by Crippen LogP contribution is -2.39. The van der Waals surface area contributed by atoms with Gasteiger partial charge in [-0.3, -0.25) is 4.79 Å². The topological polar surface area (TPSA) is 80.2 Å². The number of carbonyl (C=O) groups is 2. The number of nitrogens with one attached hydrogen (secondary N) is 1. The molecule has 7 nitrogen and oxygen atoms in total. The van der Waals surface area contributed by atoms with Crippen molar-refractivity contribution >= 4 is 40.4 Å². The number of hydrogen-bond donors (Lipinski definition) is 1. The van der Waals surface area contributed by atoms with Gasteiger partial charge in [0.05, 0.1) is 36.4 Å². The van der Waals surface area contributed by atoms with Crippen LogP contribution in [0, 0.1) is 0 Å². The molecule has 0 bridgehead atoms. The van der Waals surface area contributed by atoms with E-state index in [2.05, 4.69) is 10.3 Å². The first-order valence-corrected chi connectivity index (χ1v) is 12.0. The maximum atomic E-state index is 12.9. The average Bonchev–Trinajstić information content (AvgIpc) is 3.42. The maximum absolute atomic E-state index is 12.9. The number of aliphatic imine (C=N–C) groups is 1. The van der Waals surface area contributed by atoms with Gasteiger partial charge in [-0.1, -0.05) is 41.6 Å². The van der Waals surface area contributed by atoms with Crippen molar-refractivity contribution in [2.45, 2.75) is 45.3 Å². The van der Waals surface area contributed by atoms with Crippen LogP contribution in [0.4, 0.5) is 0 Å². The number of benzene rings is 1. The first-order valence-electron chi connectivity index (χ1n) is 10.7. The van der Waals surface area contributed by atoms with Crippen LogP contribution in [0.1, 0.15) is 44.7 Å². The lowest BCUT2D eigenvalue weighted by atomic mass is 9.93. The van der Waals surface area contributed by atoms with Crippen molar-refractivity contribution in [3.8, 4) is 0 Å². The fraction of sp³-hybridized carbons (Fsp3) is 0.435. The minimum absolute atomic E-state index is 0.0786. The van der Waals surface area contributed by atoms with Crippen LogP contribution >= 0.6 is 23.4 Å². The molecule has 0 saturated carbocycles. The normalized spacial score (nSPS) is 22.4. The highest BCUT2D eigenvalue weighted by molar-refractivity contribution is 8.16. The number of carbonyl (C=O) groups excluding carboxylic acids is 2. The smallest absolute Gasteiger partial charge is 0.338 e. The third-order valence-corrected chi connectivity index (χ3v) is 6.82. The van der Waals surface area contributed by atoms with Gasteiger partial charge in [0.15, 0.2) is 5.17 Å². The van der Waals surface area contributed by atoms with E-state index in [1.807, 2.05) is 28.5 Å². The van der Waals surface area contributed by atoms with Gasteiger partial charge < -0.3 is 19.7 Å². The van der Waals surface area contributed by atoms with Crippen LogP contribution in [-0.4, -0.2) is 47.8 Å². The molecule has 0 spiro atoms. The monoisotopic (exact) mass is 475 g/mol. The number of amides is 1. The Balaban J connectivity index is 1.61. The molecule has 0 aromatic heterocycles. The van der Waals surface area contributed by atoms with Gasteiger partial charge in [-0.05, 0) is 43.7 Å². The summed E-state index contributed by atoms with van der Waals surface area (Å²) in [6.07, 6.45) is 2.23. The van der Waals surface area contributed by atoms with Crippen molar-refractivity contribution in [1.82, 2.24) is 10.2 Å². The number of amidine groups is 1. The predicted molar refractivity (Wildman–Crippen MR) is 125 cm³/mol. The third-order valence-electron chi connectivity index (χ3n) is 5.59. The Bertz CT molecular complexity index is 1000. The Kier molecular flexibility index (Phi) is 7.23. The van der Waals surface area contributed by atoms with Gasteiger partial charge in [0.1, 0.15) is 0 Å². The van der Waals surface area contributed by atoms with E-state index in [0.717, 1.165) is 30.7 Å². The van der Waals surface area contributed by atoms with Crippen molar-refractivity contribution in [2.24, 2.45) is 4.99 Å². The van der Waals surface area contributed by atoms with Crippen LogP contribution < -0.4 is 5.32 Å². The van der Waals surface area contributed by atoms with E-state index in [1.165, 1.54) is 11.8 Å². The molecule has 1 fully saturated rings. The van der Waals surface area contributed by atoms with Crippen molar-refractivity contribution in [3.63, 3.8) is 0 Å². The molecule has 9 heteroatoms. The zero-order valence-electron chi connectivity index (χ0n) is 18.1. The summed E-state index contributed by atoms with van der Waals surface area (Å²) in [5, 5.41) is 6.12. The summed E-state index contributed by atoms with van der Waals surface area (Å²) < 4.78 is 10.9. The van der Waals surface area contributed by atoms with E-state index in [1.54, 1.807) is 19.9 Å². The van der Waals surface area contributed by atoms with Gasteiger partial charge in [0.25, 0.3) is 0 Å². The summed E-state index contributed by atoms with van der Waals surface area (Å²) in [6, 6.07) is 6.88. The number of esters is 1. The minimum atomic E-state index is -0.525. The van der Waals surface area contributed by atoms with Crippen molar-refractivity contribution in [3.05, 3.63) is 57.2 Å². The van der Waals surface area contributed by atoms with Gasteiger partial charge in [-0.15, -0.1) is 0 Å². The highest BCUT2D eigenvalue weighted by Gasteiger charge is 2.41. The molecule has 1 saturated heterocycles. The Morgan fingerprint density at radius 3 is 2.91 bits per heavy atom. The van der Waals surface area contributed by atoms with Crippen molar-refractivity contribution in [2.75, 3.05) is 19.8 Å². The van der Waals surface area contributed by atoms with Crippen LogP contribution in [0.5, 0.6) is 0 Å². The molecule has 1 aromatic rings. The SMILES string of the molecule is CCOC(=O)C1=C(C)N=C2SC=C(CC(=O)NC[C@H]3CCCO3)N2[C@@H]1c1ccccc1Cl. The highest BCUT2D eigenvalue weighted by atomic mass is 35.5. The van der Waals surface area contributed by atoms with Crippen LogP contribution in [0.15, 0.2) is 51.6 Å². The van der Waals surface area contributed by atoms with E-state index in [4.69, 9.17) is 21.1 Å². The second-order valence-corrected chi connectivity index (χ2v) is 8.99. The number of fused-ring (bicyclic) bond motifs is 1. The Morgan fingerprint density at radius 2 is 2.19 bits per heavy atom. The largest absolute Gasteiger partial charge is 0.463 e. The molecule has 3 aliphatic rings. The predicted octanol–water partition coefficient (Wildman–Crippen LogP) is 4.16. The Morgan fingerprint density at radius 1 is 1.38 bits per heavy atom. The van der Waals surface area contributed by atoms with Crippen LogP contribution in [0.25, 0.3) is 0 Å². The van der Waals surface area contributed by atoms with E-state index in [9.17, 15) is 9.59 Å². The molecule has 1 aromatic carbocycles. The van der Waals surface area contributed by atoms with Gasteiger partial charge >= 0.3 is 5.97 Å². The molecule has 0 radical (unpaired) electrons. The first kappa shape index (κ1) is 22.9. The van der Waals surface area contributed by atoms with Crippen molar-refractivity contribution in [1.29, 1.82) is 0 Å². The summed E-state index contributed by atoms with van der Waals surface area (Å²) in [4.78, 5) is 32.2. The number of allylic oxidation sites excluding steroid dienone is 1. The molecule has 3 heterocycles. The summed E-state index contributed by atoms with van der Waals surface area (Å²) in [5.41, 5.74) is 2.54. The van der Waals surface area contributed by atoms with Crippen molar-refractivity contribution < 1.29 is 19.1 Å². The number of rotatable bonds is 7. The second-order valence-electron chi connectivity index (χ2n) is 7.75. The molecule has 1 amide bonds. The number of hydrogen-bond acceptors (Lipinski definition) is 7. The summed E-state index contributed by atoms with van der Waals surface area (Å²) in [5.74, 6) is -0.535. The molecular formula is C23H26ClN3O4S. The van der Waals surface area contributed by atoms with E-state index < -0.39 is 12.0 Å². The molecule has 0 aliphatic carbocycles. The molecular weight excluding hydrogens is 450 g/mol. The molecule has 1 N–H and O–H groups in total. The number of ether oxygens (including phenoxy) is 2. The number of thioether (sulfide) groups is 1. The minimum Gasteiger partial charge on any atom is -0.463 e. The first-order chi connectivity index (χ1) is 15.5. The Hall–Kier alpha value is -2.29. The number of halogens is 1. The molecule has 0 unspecified atom stereocenters. The molecule has 170 valence electrons. The summed E-state index contributed by atoms with van der Waals surface area (Å²) in [6.45, 7) is 5.07. The highest BCUT2D eigenvalue weighted by Crippen LogP contribution is 2.46. The van der Waals surface area contributed by atoms with Crippen LogP contribution in [0.3, 0.4) is 0 Å². The van der Waals surface area contributed by atoms with E-state index in [0.29, 0.717) is 28.0 Å². The Labute approximate surface area is 196 Å². The zero-order chi connectivity index (χ0) is 22.7. The summed E-state index contributed by atoms with van der Waals surface area (Å²) in [7, 11) is 0. The lowest BCUT2D eigenvalue weighted by molar-refractivity contribution is -0.139. The maximum Gasteiger partial charge on any atom is 0.338 e. The quantitative estimate of drug-likeness (QED) is 0.596. The average molecular weight is 476 g/mol. The third kappa shape index (κ3) is 4.72. The van der Waals surface area contributed by atoms with Gasteiger partial charge in [0, 0.05) is 23.9 Å². The van der Waals surface area contributed by atoms with Crippen LogP contribution in [-0.2, 0) is 19.1 Å². The fourth-order valence-corrected chi connectivity index (χ4v) is 5.29. The molecule has 2 atom stereocenters. The van der Waals surface area contributed by atoms with Gasteiger partial charge in [-0.2, -0.15) is 0 Å². The molecule has 3 aliphatic heterocycles. The zero-order valence-corrected chi connectivity index (χ0v) is 19.7. The standard InChI is InChI=1S/C23H26ClN3O4S/c1-3-30-22(29)20-14(2)26-23-27(21(20)17-8-4-5-9-18(17)24)15(13-32-23)11-19(28)25-12-16-7-6-10-31-16/h4-5,8-9,13,16,21H,3,6-7,10-12H2,1-2H3,(H,25,28)/t16-,21-/m1/s1. The van der Waals surface area contributed by atoms with Gasteiger partial charge in [0.2, 0.25) is 5.91 Å². The molecule has 32 heavy (non-hydrogen) atoms. The lowest BCUT2D eigenvalue weighted by Gasteiger charge is -2.36.